The molecule has 3 N–H and O–H groups in total. The highest BCUT2D eigenvalue weighted by atomic mass is 19.1. The fourth-order valence-electron chi connectivity index (χ4n) is 2.52. The Morgan fingerprint density at radius 3 is 2.36 bits per heavy atom. The molecule has 1 aliphatic heterocycles. The van der Waals surface area contributed by atoms with Crippen LogP contribution in [0.5, 0.6) is 0 Å². The molecular formula is C17H14F2N4O2. The average molecular weight is 344 g/mol. The van der Waals surface area contributed by atoms with Gasteiger partial charge in [0.15, 0.2) is 0 Å². The molecule has 0 aliphatic carbocycles. The van der Waals surface area contributed by atoms with Crippen LogP contribution < -0.4 is 16.1 Å². The lowest BCUT2D eigenvalue weighted by atomic mass is 10.1. The first-order chi connectivity index (χ1) is 11.9. The first-order valence-corrected chi connectivity index (χ1v) is 7.42. The molecule has 6 nitrogen and oxygen atoms in total. The Morgan fingerprint density at radius 2 is 1.76 bits per heavy atom. The number of para-hydroxylation sites is 1. The molecule has 1 aliphatic rings. The van der Waals surface area contributed by atoms with Crippen molar-refractivity contribution in [2.24, 2.45) is 10.8 Å². The Balaban J connectivity index is 1.83. The van der Waals surface area contributed by atoms with Gasteiger partial charge in [0.05, 0.1) is 5.69 Å². The average Bonchev–Trinajstić information content (AvgIpc) is 3.00. The molecule has 0 fully saturated rings. The van der Waals surface area contributed by atoms with E-state index in [1.54, 1.807) is 30.3 Å². The Labute approximate surface area is 141 Å². The van der Waals surface area contributed by atoms with Crippen molar-refractivity contribution in [2.75, 3.05) is 10.3 Å². The Morgan fingerprint density at radius 1 is 1.12 bits per heavy atom. The highest BCUT2D eigenvalue weighted by Gasteiger charge is 2.34. The van der Waals surface area contributed by atoms with E-state index in [0.717, 1.165) is 12.1 Å². The van der Waals surface area contributed by atoms with Gasteiger partial charge in [0.25, 0.3) is 5.91 Å². The maximum Gasteiger partial charge on any atom is 0.271 e. The third kappa shape index (κ3) is 3.63. The van der Waals surface area contributed by atoms with Crippen LogP contribution >= 0.6 is 0 Å². The Hall–Kier alpha value is -3.29. The van der Waals surface area contributed by atoms with E-state index in [4.69, 9.17) is 5.73 Å². The number of carbonyl (C=O) groups excluding carboxylic acids is 2. The first-order valence-electron chi connectivity index (χ1n) is 7.42. The highest BCUT2D eigenvalue weighted by molar-refractivity contribution is 6.44. The van der Waals surface area contributed by atoms with E-state index >= 15 is 0 Å². The van der Waals surface area contributed by atoms with Crippen LogP contribution in [0.2, 0.25) is 0 Å². The molecule has 128 valence electrons. The van der Waals surface area contributed by atoms with Crippen LogP contribution in [0.15, 0.2) is 53.6 Å². The molecule has 2 amide bonds. The predicted molar refractivity (Wildman–Crippen MR) is 88.9 cm³/mol. The molecular weight excluding hydrogens is 330 g/mol. The molecule has 0 radical (unpaired) electrons. The summed E-state index contributed by atoms with van der Waals surface area (Å²) < 4.78 is 26.4. The van der Waals surface area contributed by atoms with Gasteiger partial charge in [-0.15, -0.1) is 0 Å². The Kier molecular flexibility index (Phi) is 4.42. The van der Waals surface area contributed by atoms with Gasteiger partial charge in [-0.3, -0.25) is 14.6 Å². The van der Waals surface area contributed by atoms with Gasteiger partial charge >= 0.3 is 0 Å². The summed E-state index contributed by atoms with van der Waals surface area (Å²) in [5.74, 6) is -2.92. The maximum atomic E-state index is 13.2. The third-order valence-electron chi connectivity index (χ3n) is 3.64. The lowest BCUT2D eigenvalue weighted by molar-refractivity contribution is -0.119. The molecule has 25 heavy (non-hydrogen) atoms. The third-order valence-corrected chi connectivity index (χ3v) is 3.64. The van der Waals surface area contributed by atoms with Crippen LogP contribution in [0.3, 0.4) is 0 Å². The van der Waals surface area contributed by atoms with Gasteiger partial charge in [0.1, 0.15) is 23.4 Å². The normalized spacial score (nSPS) is 16.5. The SMILES string of the molecule is NC(=O)C1CC(C(=O)Nc2cc(F)cc(F)c2)=NN1c1ccccc1. The van der Waals surface area contributed by atoms with Crippen LogP contribution in [0.1, 0.15) is 6.42 Å². The van der Waals surface area contributed by atoms with Crippen molar-refractivity contribution < 1.29 is 18.4 Å². The summed E-state index contributed by atoms with van der Waals surface area (Å²) >= 11 is 0. The molecule has 0 saturated heterocycles. The number of nitrogens with one attached hydrogen (secondary N) is 1. The van der Waals surface area contributed by atoms with Crippen LogP contribution in [0, 0.1) is 11.6 Å². The van der Waals surface area contributed by atoms with Gasteiger partial charge in [-0.1, -0.05) is 18.2 Å². The van der Waals surface area contributed by atoms with Crippen LogP contribution in [-0.2, 0) is 9.59 Å². The number of hydrogen-bond acceptors (Lipinski definition) is 4. The largest absolute Gasteiger partial charge is 0.368 e. The number of rotatable bonds is 4. The van der Waals surface area contributed by atoms with Crippen LogP contribution in [0.25, 0.3) is 0 Å². The minimum atomic E-state index is -0.815. The van der Waals surface area contributed by atoms with Crippen molar-refractivity contribution in [3.63, 3.8) is 0 Å². The molecule has 0 saturated carbocycles. The summed E-state index contributed by atoms with van der Waals surface area (Å²) in [6.07, 6.45) is -0.00609. The number of nitrogens with zero attached hydrogens (tertiary/aromatic N) is 2. The van der Waals surface area contributed by atoms with Gasteiger partial charge in [0, 0.05) is 18.2 Å². The van der Waals surface area contributed by atoms with E-state index in [1.807, 2.05) is 0 Å². The topological polar surface area (TPSA) is 87.8 Å². The number of halogens is 2. The van der Waals surface area contributed by atoms with Gasteiger partial charge in [-0.05, 0) is 24.3 Å². The molecule has 1 unspecified atom stereocenters. The summed E-state index contributed by atoms with van der Waals surface area (Å²) in [5, 5.41) is 7.88. The number of carbonyl (C=O) groups is 2. The van der Waals surface area contributed by atoms with E-state index in [0.29, 0.717) is 11.8 Å². The number of hydrazone groups is 1. The maximum absolute atomic E-state index is 13.2. The first kappa shape index (κ1) is 16.6. The molecule has 0 spiro atoms. The number of hydrogen-bond donors (Lipinski definition) is 2. The lowest BCUT2D eigenvalue weighted by Gasteiger charge is -2.20. The van der Waals surface area contributed by atoms with Crippen LogP contribution in [-0.4, -0.2) is 23.6 Å². The zero-order chi connectivity index (χ0) is 18.0. The molecule has 2 aromatic rings. The van der Waals surface area contributed by atoms with E-state index in [9.17, 15) is 18.4 Å². The molecule has 1 atom stereocenters. The molecule has 8 heteroatoms. The fourth-order valence-corrected chi connectivity index (χ4v) is 2.52. The quantitative estimate of drug-likeness (QED) is 0.889. The summed E-state index contributed by atoms with van der Waals surface area (Å²) in [6, 6.07) is 10.6. The van der Waals surface area contributed by atoms with E-state index in [-0.39, 0.29) is 17.8 Å². The Bertz CT molecular complexity index is 835. The van der Waals surface area contributed by atoms with E-state index < -0.39 is 29.5 Å². The summed E-state index contributed by atoms with van der Waals surface area (Å²) in [5.41, 5.74) is 5.99. The fraction of sp³-hybridized carbons (Fsp3) is 0.118. The zero-order valence-electron chi connectivity index (χ0n) is 12.9. The minimum Gasteiger partial charge on any atom is -0.368 e. The summed E-state index contributed by atoms with van der Waals surface area (Å²) in [4.78, 5) is 24.0. The highest BCUT2D eigenvalue weighted by Crippen LogP contribution is 2.25. The number of benzene rings is 2. The van der Waals surface area contributed by atoms with Gasteiger partial charge in [-0.25, -0.2) is 8.78 Å². The van der Waals surface area contributed by atoms with Gasteiger partial charge in [-0.2, -0.15) is 5.10 Å². The van der Waals surface area contributed by atoms with E-state index in [1.165, 1.54) is 5.01 Å². The molecule has 0 aromatic heterocycles. The van der Waals surface area contributed by atoms with Gasteiger partial charge in [0.2, 0.25) is 5.91 Å². The molecule has 1 heterocycles. The second-order valence-corrected chi connectivity index (χ2v) is 5.46. The van der Waals surface area contributed by atoms with Crippen molar-refractivity contribution in [1.29, 1.82) is 0 Å². The number of nitrogens with two attached hydrogens (primary N) is 1. The van der Waals surface area contributed by atoms with Crippen molar-refractivity contribution in [1.82, 2.24) is 0 Å². The lowest BCUT2D eigenvalue weighted by Crippen LogP contribution is -2.39. The second kappa shape index (κ2) is 6.68. The van der Waals surface area contributed by atoms with Gasteiger partial charge < -0.3 is 11.1 Å². The summed E-state index contributed by atoms with van der Waals surface area (Å²) in [7, 11) is 0. The number of primary amides is 1. The standard InChI is InChI=1S/C17H14F2N4O2/c18-10-6-11(19)8-12(7-10)21-17(25)14-9-15(16(20)24)23(22-14)13-4-2-1-3-5-13/h1-8,15H,9H2,(H2,20,24)(H,21,25). The monoisotopic (exact) mass is 344 g/mol. The minimum absolute atomic E-state index is 0.00609. The molecule has 2 aromatic carbocycles. The van der Waals surface area contributed by atoms with Crippen molar-refractivity contribution in [2.45, 2.75) is 12.5 Å². The molecule has 3 rings (SSSR count). The summed E-state index contributed by atoms with van der Waals surface area (Å²) in [6.45, 7) is 0. The predicted octanol–water partition coefficient (Wildman–Crippen LogP) is 2.02. The van der Waals surface area contributed by atoms with Crippen molar-refractivity contribution >= 4 is 28.9 Å². The van der Waals surface area contributed by atoms with Crippen molar-refractivity contribution in [3.8, 4) is 0 Å². The number of anilines is 2. The molecule has 0 bridgehead atoms. The number of amides is 2. The smallest absolute Gasteiger partial charge is 0.271 e. The second-order valence-electron chi connectivity index (χ2n) is 5.46. The zero-order valence-corrected chi connectivity index (χ0v) is 12.9. The van der Waals surface area contributed by atoms with Crippen molar-refractivity contribution in [3.05, 3.63) is 60.2 Å². The van der Waals surface area contributed by atoms with Crippen LogP contribution in [0.4, 0.5) is 20.2 Å². The van der Waals surface area contributed by atoms with E-state index in [2.05, 4.69) is 10.4 Å².